The first-order valence-electron chi connectivity index (χ1n) is 6.96. The summed E-state index contributed by atoms with van der Waals surface area (Å²) >= 11 is 3.40. The Labute approximate surface area is 142 Å². The molecule has 4 nitrogen and oxygen atoms in total. The number of pyridine rings is 1. The summed E-state index contributed by atoms with van der Waals surface area (Å²) in [5.74, 6) is 0.900. The normalized spacial score (nSPS) is 10.1. The summed E-state index contributed by atoms with van der Waals surface area (Å²) < 4.78 is 6.75. The second kappa shape index (κ2) is 7.07. The number of hydrogen-bond acceptors (Lipinski definition) is 3. The molecule has 3 aromatic rings. The van der Waals surface area contributed by atoms with Crippen molar-refractivity contribution in [2.75, 3.05) is 5.32 Å². The molecule has 2 aromatic carbocycles. The highest BCUT2D eigenvalue weighted by molar-refractivity contribution is 9.10. The Morgan fingerprint density at radius 1 is 1.04 bits per heavy atom. The summed E-state index contributed by atoms with van der Waals surface area (Å²) in [4.78, 5) is 16.4. The van der Waals surface area contributed by atoms with Crippen LogP contribution in [-0.4, -0.2) is 10.9 Å². The Morgan fingerprint density at radius 3 is 2.70 bits per heavy atom. The molecule has 0 spiro atoms. The SMILES string of the molecule is O=C(Nc1cccnc1)c1ccccc1Oc1cccc(Br)c1. The van der Waals surface area contributed by atoms with E-state index in [0.29, 0.717) is 22.7 Å². The van der Waals surface area contributed by atoms with Crippen molar-refractivity contribution in [3.05, 3.63) is 83.1 Å². The number of rotatable bonds is 4. The number of carbonyl (C=O) groups is 1. The molecule has 0 radical (unpaired) electrons. The minimum absolute atomic E-state index is 0.247. The predicted molar refractivity (Wildman–Crippen MR) is 92.8 cm³/mol. The largest absolute Gasteiger partial charge is 0.456 e. The van der Waals surface area contributed by atoms with E-state index < -0.39 is 0 Å². The van der Waals surface area contributed by atoms with E-state index in [1.165, 1.54) is 0 Å². The minimum Gasteiger partial charge on any atom is -0.456 e. The lowest BCUT2D eigenvalue weighted by atomic mass is 10.2. The molecular weight excluding hydrogens is 356 g/mol. The fourth-order valence-electron chi connectivity index (χ4n) is 2.04. The molecule has 114 valence electrons. The third-order valence-corrected chi connectivity index (χ3v) is 3.57. The Kier molecular flexibility index (Phi) is 4.68. The predicted octanol–water partition coefficient (Wildman–Crippen LogP) is 4.89. The standard InChI is InChI=1S/C18H13BrN2O2/c19-13-5-3-7-15(11-13)23-17-9-2-1-8-16(17)18(22)21-14-6-4-10-20-12-14/h1-12H,(H,21,22). The van der Waals surface area contributed by atoms with Crippen molar-refractivity contribution >= 4 is 27.5 Å². The zero-order valence-electron chi connectivity index (χ0n) is 12.1. The number of amides is 1. The Balaban J connectivity index is 1.84. The second-order valence-corrected chi connectivity index (χ2v) is 5.67. The van der Waals surface area contributed by atoms with E-state index >= 15 is 0 Å². The van der Waals surface area contributed by atoms with Crippen LogP contribution in [0.15, 0.2) is 77.5 Å². The fourth-order valence-corrected chi connectivity index (χ4v) is 2.41. The average Bonchev–Trinajstić information content (AvgIpc) is 2.56. The van der Waals surface area contributed by atoms with E-state index in [9.17, 15) is 4.79 Å². The molecule has 0 aliphatic heterocycles. The van der Waals surface area contributed by atoms with Crippen LogP contribution < -0.4 is 10.1 Å². The molecule has 0 fully saturated rings. The number of nitrogens with one attached hydrogen (secondary N) is 1. The van der Waals surface area contributed by atoms with Crippen LogP contribution in [0.25, 0.3) is 0 Å². The van der Waals surface area contributed by atoms with Crippen molar-refractivity contribution in [1.29, 1.82) is 0 Å². The zero-order chi connectivity index (χ0) is 16.1. The van der Waals surface area contributed by atoms with Crippen LogP contribution >= 0.6 is 15.9 Å². The second-order valence-electron chi connectivity index (χ2n) is 4.75. The summed E-state index contributed by atoms with van der Waals surface area (Å²) in [7, 11) is 0. The topological polar surface area (TPSA) is 51.2 Å². The number of anilines is 1. The Morgan fingerprint density at radius 2 is 1.91 bits per heavy atom. The number of benzene rings is 2. The van der Waals surface area contributed by atoms with E-state index in [0.717, 1.165) is 4.47 Å². The molecule has 0 bridgehead atoms. The fraction of sp³-hybridized carbons (Fsp3) is 0. The van der Waals surface area contributed by atoms with Gasteiger partial charge in [-0.15, -0.1) is 0 Å². The molecule has 1 heterocycles. The summed E-state index contributed by atoms with van der Waals surface area (Å²) in [6.45, 7) is 0. The maximum absolute atomic E-state index is 12.5. The van der Waals surface area contributed by atoms with Gasteiger partial charge in [0.2, 0.25) is 0 Å². The van der Waals surface area contributed by atoms with Gasteiger partial charge in [-0.1, -0.05) is 34.1 Å². The third kappa shape index (κ3) is 3.96. The van der Waals surface area contributed by atoms with Crippen LogP contribution in [0.4, 0.5) is 5.69 Å². The van der Waals surface area contributed by atoms with E-state index in [2.05, 4.69) is 26.2 Å². The number of aromatic nitrogens is 1. The monoisotopic (exact) mass is 368 g/mol. The molecular formula is C18H13BrN2O2. The molecule has 1 amide bonds. The number of carbonyl (C=O) groups excluding carboxylic acids is 1. The van der Waals surface area contributed by atoms with E-state index in [1.807, 2.05) is 30.3 Å². The molecule has 0 atom stereocenters. The van der Waals surface area contributed by atoms with Gasteiger partial charge in [0.25, 0.3) is 5.91 Å². The molecule has 0 aliphatic carbocycles. The average molecular weight is 369 g/mol. The highest BCUT2D eigenvalue weighted by atomic mass is 79.9. The van der Waals surface area contributed by atoms with Crippen LogP contribution in [0, 0.1) is 0 Å². The Bertz CT molecular complexity index is 822. The van der Waals surface area contributed by atoms with Crippen molar-refractivity contribution in [3.8, 4) is 11.5 Å². The third-order valence-electron chi connectivity index (χ3n) is 3.07. The van der Waals surface area contributed by atoms with Crippen molar-refractivity contribution in [3.63, 3.8) is 0 Å². The van der Waals surface area contributed by atoms with Gasteiger partial charge in [-0.25, -0.2) is 0 Å². The van der Waals surface area contributed by atoms with Crippen LogP contribution in [0.1, 0.15) is 10.4 Å². The van der Waals surface area contributed by atoms with E-state index in [1.54, 1.807) is 42.7 Å². The van der Waals surface area contributed by atoms with Gasteiger partial charge in [-0.3, -0.25) is 9.78 Å². The summed E-state index contributed by atoms with van der Waals surface area (Å²) in [6.07, 6.45) is 3.25. The van der Waals surface area contributed by atoms with Gasteiger partial charge in [0.05, 0.1) is 17.4 Å². The van der Waals surface area contributed by atoms with Gasteiger partial charge in [-0.05, 0) is 42.5 Å². The zero-order valence-corrected chi connectivity index (χ0v) is 13.7. The van der Waals surface area contributed by atoms with Crippen molar-refractivity contribution < 1.29 is 9.53 Å². The van der Waals surface area contributed by atoms with Gasteiger partial charge in [0.1, 0.15) is 11.5 Å². The van der Waals surface area contributed by atoms with Crippen molar-refractivity contribution in [2.24, 2.45) is 0 Å². The molecule has 1 N–H and O–H groups in total. The molecule has 3 rings (SSSR count). The van der Waals surface area contributed by atoms with Gasteiger partial charge in [0.15, 0.2) is 0 Å². The van der Waals surface area contributed by atoms with E-state index in [4.69, 9.17) is 4.74 Å². The number of hydrogen-bond donors (Lipinski definition) is 1. The maximum Gasteiger partial charge on any atom is 0.259 e. The minimum atomic E-state index is -0.247. The smallest absolute Gasteiger partial charge is 0.259 e. The molecule has 0 aliphatic rings. The number of nitrogens with zero attached hydrogens (tertiary/aromatic N) is 1. The lowest BCUT2D eigenvalue weighted by Gasteiger charge is -2.11. The first-order chi connectivity index (χ1) is 11.2. The number of ether oxygens (including phenoxy) is 1. The first-order valence-corrected chi connectivity index (χ1v) is 7.75. The van der Waals surface area contributed by atoms with Crippen LogP contribution in [0.2, 0.25) is 0 Å². The van der Waals surface area contributed by atoms with Gasteiger partial charge in [0, 0.05) is 10.7 Å². The molecule has 0 unspecified atom stereocenters. The highest BCUT2D eigenvalue weighted by Crippen LogP contribution is 2.27. The molecule has 0 saturated carbocycles. The van der Waals surface area contributed by atoms with Crippen LogP contribution in [0.3, 0.4) is 0 Å². The molecule has 5 heteroatoms. The summed E-state index contributed by atoms with van der Waals surface area (Å²) in [6, 6.07) is 18.1. The number of para-hydroxylation sites is 1. The quantitative estimate of drug-likeness (QED) is 0.713. The first kappa shape index (κ1) is 15.2. The molecule has 0 saturated heterocycles. The Hall–Kier alpha value is -2.66. The van der Waals surface area contributed by atoms with Gasteiger partial charge < -0.3 is 10.1 Å². The van der Waals surface area contributed by atoms with Gasteiger partial charge in [-0.2, -0.15) is 0 Å². The summed E-state index contributed by atoms with van der Waals surface area (Å²) in [5.41, 5.74) is 1.09. The summed E-state index contributed by atoms with van der Waals surface area (Å²) in [5, 5.41) is 2.81. The van der Waals surface area contributed by atoms with Gasteiger partial charge >= 0.3 is 0 Å². The highest BCUT2D eigenvalue weighted by Gasteiger charge is 2.13. The van der Waals surface area contributed by atoms with Crippen molar-refractivity contribution in [2.45, 2.75) is 0 Å². The molecule has 1 aromatic heterocycles. The lowest BCUT2D eigenvalue weighted by molar-refractivity contribution is 0.102. The van der Waals surface area contributed by atoms with E-state index in [-0.39, 0.29) is 5.91 Å². The number of halogens is 1. The maximum atomic E-state index is 12.5. The lowest BCUT2D eigenvalue weighted by Crippen LogP contribution is -2.13. The van der Waals surface area contributed by atoms with Crippen LogP contribution in [-0.2, 0) is 0 Å². The van der Waals surface area contributed by atoms with Crippen molar-refractivity contribution in [1.82, 2.24) is 4.98 Å². The van der Waals surface area contributed by atoms with Crippen LogP contribution in [0.5, 0.6) is 11.5 Å². The molecule has 23 heavy (non-hydrogen) atoms.